The summed E-state index contributed by atoms with van der Waals surface area (Å²) >= 11 is 0. The number of hydrogen-bond acceptors (Lipinski definition) is 2. The number of hydrogen-bond donors (Lipinski definition) is 1. The number of rotatable bonds is 3. The molecular formula is C15H12N2O. The number of amides is 1. The van der Waals surface area contributed by atoms with Crippen molar-refractivity contribution >= 4 is 5.91 Å². The van der Waals surface area contributed by atoms with Gasteiger partial charge in [-0.15, -0.1) is 6.42 Å². The van der Waals surface area contributed by atoms with Crippen LogP contribution in [0.2, 0.25) is 0 Å². The summed E-state index contributed by atoms with van der Waals surface area (Å²) in [6.07, 6.45) is 8.68. The molecule has 1 amide bonds. The van der Waals surface area contributed by atoms with Crippen LogP contribution in [0.4, 0.5) is 0 Å². The van der Waals surface area contributed by atoms with Crippen LogP contribution in [0.1, 0.15) is 21.5 Å². The van der Waals surface area contributed by atoms with Crippen molar-refractivity contribution in [1.29, 1.82) is 0 Å². The Morgan fingerprint density at radius 2 is 2.06 bits per heavy atom. The minimum atomic E-state index is -0.123. The first-order valence-electron chi connectivity index (χ1n) is 5.53. The Bertz CT molecular complexity index is 568. The van der Waals surface area contributed by atoms with E-state index in [4.69, 9.17) is 6.42 Å². The van der Waals surface area contributed by atoms with E-state index in [1.807, 2.05) is 12.1 Å². The maximum Gasteiger partial charge on any atom is 0.251 e. The molecule has 3 heteroatoms. The van der Waals surface area contributed by atoms with Gasteiger partial charge in [0.1, 0.15) is 0 Å². The molecule has 2 rings (SSSR count). The van der Waals surface area contributed by atoms with Crippen molar-refractivity contribution in [2.45, 2.75) is 6.54 Å². The van der Waals surface area contributed by atoms with Crippen LogP contribution in [0.5, 0.6) is 0 Å². The first-order valence-corrected chi connectivity index (χ1v) is 5.53. The van der Waals surface area contributed by atoms with E-state index in [1.165, 1.54) is 0 Å². The Kier molecular flexibility index (Phi) is 3.72. The van der Waals surface area contributed by atoms with Gasteiger partial charge in [-0.25, -0.2) is 0 Å². The van der Waals surface area contributed by atoms with Crippen molar-refractivity contribution < 1.29 is 4.79 Å². The quantitative estimate of drug-likeness (QED) is 0.828. The summed E-state index contributed by atoms with van der Waals surface area (Å²) in [5.74, 6) is 2.39. The maximum atomic E-state index is 11.8. The Balaban J connectivity index is 1.98. The van der Waals surface area contributed by atoms with Crippen LogP contribution in [-0.4, -0.2) is 10.9 Å². The van der Waals surface area contributed by atoms with Crippen molar-refractivity contribution in [3.8, 4) is 12.3 Å². The molecule has 0 atom stereocenters. The fraction of sp³-hybridized carbons (Fsp3) is 0.0667. The molecule has 0 aliphatic heterocycles. The Morgan fingerprint density at radius 1 is 1.28 bits per heavy atom. The third kappa shape index (κ3) is 2.96. The number of benzene rings is 1. The van der Waals surface area contributed by atoms with E-state index in [1.54, 1.807) is 36.7 Å². The second-order valence-electron chi connectivity index (χ2n) is 3.77. The number of aromatic nitrogens is 1. The molecule has 0 saturated heterocycles. The predicted octanol–water partition coefficient (Wildman–Crippen LogP) is 1.99. The lowest BCUT2D eigenvalue weighted by Gasteiger charge is -2.05. The molecule has 0 aliphatic carbocycles. The van der Waals surface area contributed by atoms with Crippen molar-refractivity contribution in [3.63, 3.8) is 0 Å². The van der Waals surface area contributed by atoms with Gasteiger partial charge in [-0.2, -0.15) is 0 Å². The molecule has 3 nitrogen and oxygen atoms in total. The van der Waals surface area contributed by atoms with Gasteiger partial charge in [0.2, 0.25) is 0 Å². The molecular weight excluding hydrogens is 224 g/mol. The van der Waals surface area contributed by atoms with Crippen LogP contribution < -0.4 is 5.32 Å². The average Bonchev–Trinajstić information content (AvgIpc) is 2.46. The Morgan fingerprint density at radius 3 is 2.67 bits per heavy atom. The van der Waals surface area contributed by atoms with Gasteiger partial charge < -0.3 is 5.32 Å². The predicted molar refractivity (Wildman–Crippen MR) is 69.8 cm³/mol. The van der Waals surface area contributed by atoms with E-state index in [-0.39, 0.29) is 5.91 Å². The SMILES string of the molecule is C#Cc1ccc(C(=O)NCc2cccnc2)cc1. The minimum absolute atomic E-state index is 0.123. The molecule has 1 heterocycles. The first kappa shape index (κ1) is 11.9. The van der Waals surface area contributed by atoms with E-state index in [2.05, 4.69) is 16.2 Å². The van der Waals surface area contributed by atoms with E-state index < -0.39 is 0 Å². The van der Waals surface area contributed by atoms with E-state index >= 15 is 0 Å². The summed E-state index contributed by atoms with van der Waals surface area (Å²) in [5.41, 5.74) is 2.32. The first-order chi connectivity index (χ1) is 8.79. The van der Waals surface area contributed by atoms with Gasteiger partial charge in [0.05, 0.1) is 0 Å². The third-order valence-electron chi connectivity index (χ3n) is 2.49. The highest BCUT2D eigenvalue weighted by atomic mass is 16.1. The van der Waals surface area contributed by atoms with Gasteiger partial charge in [-0.1, -0.05) is 12.0 Å². The van der Waals surface area contributed by atoms with Gasteiger partial charge in [0, 0.05) is 30.1 Å². The van der Waals surface area contributed by atoms with Gasteiger partial charge >= 0.3 is 0 Å². The average molecular weight is 236 g/mol. The lowest BCUT2D eigenvalue weighted by Crippen LogP contribution is -2.22. The fourth-order valence-electron chi connectivity index (χ4n) is 1.50. The molecule has 1 N–H and O–H groups in total. The number of nitrogens with one attached hydrogen (secondary N) is 1. The molecule has 0 saturated carbocycles. The molecule has 18 heavy (non-hydrogen) atoms. The highest BCUT2D eigenvalue weighted by Crippen LogP contribution is 2.03. The molecule has 88 valence electrons. The maximum absolute atomic E-state index is 11.8. The zero-order valence-corrected chi connectivity index (χ0v) is 9.76. The minimum Gasteiger partial charge on any atom is -0.348 e. The summed E-state index contributed by atoms with van der Waals surface area (Å²) < 4.78 is 0. The second-order valence-corrected chi connectivity index (χ2v) is 3.77. The number of terminal acetylenes is 1. The largest absolute Gasteiger partial charge is 0.348 e. The van der Waals surface area contributed by atoms with Crippen molar-refractivity contribution in [2.24, 2.45) is 0 Å². The molecule has 0 spiro atoms. The van der Waals surface area contributed by atoms with Gasteiger partial charge in [0.15, 0.2) is 0 Å². The molecule has 0 bridgehead atoms. The normalized spacial score (nSPS) is 9.50. The standard InChI is InChI=1S/C15H12N2O/c1-2-12-5-7-14(8-6-12)15(18)17-11-13-4-3-9-16-10-13/h1,3-10H,11H2,(H,17,18). The van der Waals surface area contributed by atoms with Gasteiger partial charge in [-0.3, -0.25) is 9.78 Å². The monoisotopic (exact) mass is 236 g/mol. The van der Waals surface area contributed by atoms with E-state index in [9.17, 15) is 4.79 Å². The summed E-state index contributed by atoms with van der Waals surface area (Å²) in [7, 11) is 0. The van der Waals surface area contributed by atoms with Crippen LogP contribution in [0.15, 0.2) is 48.8 Å². The molecule has 0 radical (unpaired) electrons. The topological polar surface area (TPSA) is 42.0 Å². The molecule has 0 fully saturated rings. The number of nitrogens with zero attached hydrogens (tertiary/aromatic N) is 1. The lowest BCUT2D eigenvalue weighted by atomic mass is 10.1. The van der Waals surface area contributed by atoms with Gasteiger partial charge in [-0.05, 0) is 35.9 Å². The van der Waals surface area contributed by atoms with E-state index in [0.717, 1.165) is 11.1 Å². The van der Waals surface area contributed by atoms with Gasteiger partial charge in [0.25, 0.3) is 5.91 Å². The van der Waals surface area contributed by atoms with Crippen LogP contribution in [0.3, 0.4) is 0 Å². The zero-order chi connectivity index (χ0) is 12.8. The van der Waals surface area contributed by atoms with Crippen molar-refractivity contribution in [3.05, 3.63) is 65.5 Å². The van der Waals surface area contributed by atoms with Crippen LogP contribution in [-0.2, 0) is 6.54 Å². The molecule has 1 aromatic heterocycles. The van der Waals surface area contributed by atoms with Crippen LogP contribution in [0, 0.1) is 12.3 Å². The Hall–Kier alpha value is -2.60. The van der Waals surface area contributed by atoms with Crippen molar-refractivity contribution in [2.75, 3.05) is 0 Å². The number of carbonyl (C=O) groups is 1. The summed E-state index contributed by atoms with van der Waals surface area (Å²) in [4.78, 5) is 15.8. The number of carbonyl (C=O) groups excluding carboxylic acids is 1. The summed E-state index contributed by atoms with van der Waals surface area (Å²) in [6, 6.07) is 10.7. The zero-order valence-electron chi connectivity index (χ0n) is 9.76. The van der Waals surface area contributed by atoms with Crippen LogP contribution >= 0.6 is 0 Å². The molecule has 2 aromatic rings. The number of pyridine rings is 1. The molecule has 1 aromatic carbocycles. The van der Waals surface area contributed by atoms with E-state index in [0.29, 0.717) is 12.1 Å². The highest BCUT2D eigenvalue weighted by Gasteiger charge is 2.04. The molecule has 0 unspecified atom stereocenters. The third-order valence-corrected chi connectivity index (χ3v) is 2.49. The summed E-state index contributed by atoms with van der Waals surface area (Å²) in [5, 5.41) is 2.82. The van der Waals surface area contributed by atoms with Crippen LogP contribution in [0.25, 0.3) is 0 Å². The highest BCUT2D eigenvalue weighted by molar-refractivity contribution is 5.94. The second kappa shape index (κ2) is 5.65. The fourth-order valence-corrected chi connectivity index (χ4v) is 1.50. The Labute approximate surface area is 106 Å². The van der Waals surface area contributed by atoms with Crippen molar-refractivity contribution in [1.82, 2.24) is 10.3 Å². The smallest absolute Gasteiger partial charge is 0.251 e. The summed E-state index contributed by atoms with van der Waals surface area (Å²) in [6.45, 7) is 0.462. The molecule has 0 aliphatic rings. The lowest BCUT2D eigenvalue weighted by molar-refractivity contribution is 0.0951.